The normalized spacial score (nSPS) is 10.8. The zero-order valence-corrected chi connectivity index (χ0v) is 11.7. The molecule has 19 heavy (non-hydrogen) atoms. The number of phenolic OH excluding ortho intramolecular Hbond substituents is 1. The molecule has 4 nitrogen and oxygen atoms in total. The van der Waals surface area contributed by atoms with E-state index in [9.17, 15) is 4.39 Å². The minimum Gasteiger partial charge on any atom is -0.508 e. The highest BCUT2D eigenvalue weighted by atomic mass is 79.9. The molecule has 0 amide bonds. The first-order valence-electron chi connectivity index (χ1n) is 5.22. The molecule has 0 atom stereocenters. The van der Waals surface area contributed by atoms with E-state index in [1.165, 1.54) is 23.5 Å². The van der Waals surface area contributed by atoms with Crippen molar-refractivity contribution in [1.29, 1.82) is 0 Å². The number of nitrogens with zero attached hydrogens (tertiary/aromatic N) is 2. The van der Waals surface area contributed by atoms with E-state index < -0.39 is 5.82 Å². The molecule has 0 radical (unpaired) electrons. The predicted molar refractivity (Wildman–Crippen MR) is 72.4 cm³/mol. The van der Waals surface area contributed by atoms with Crippen molar-refractivity contribution in [2.24, 2.45) is 0 Å². The highest BCUT2D eigenvalue weighted by Crippen LogP contribution is 2.31. The number of aromatic nitrogens is 2. The third kappa shape index (κ3) is 2.39. The molecule has 0 saturated heterocycles. The smallest absolute Gasteiger partial charge is 0.261 e. The molecule has 2 aromatic heterocycles. The van der Waals surface area contributed by atoms with Gasteiger partial charge in [-0.15, -0.1) is 11.3 Å². The van der Waals surface area contributed by atoms with Gasteiger partial charge in [0.15, 0.2) is 0 Å². The first-order valence-corrected chi connectivity index (χ1v) is 6.83. The van der Waals surface area contributed by atoms with E-state index in [2.05, 4.69) is 26.1 Å². The Morgan fingerprint density at radius 3 is 2.79 bits per heavy atom. The monoisotopic (exact) mass is 340 g/mol. The fourth-order valence-electron chi connectivity index (χ4n) is 1.54. The molecule has 1 aromatic carbocycles. The van der Waals surface area contributed by atoms with Crippen molar-refractivity contribution < 1.29 is 14.0 Å². The van der Waals surface area contributed by atoms with Gasteiger partial charge in [-0.1, -0.05) is 5.16 Å². The van der Waals surface area contributed by atoms with Gasteiger partial charge in [0.25, 0.3) is 5.89 Å². The Hall–Kier alpha value is -1.73. The Bertz CT molecular complexity index is 741. The van der Waals surface area contributed by atoms with E-state index in [4.69, 9.17) is 9.63 Å². The maximum atomic E-state index is 13.7. The van der Waals surface area contributed by atoms with Crippen molar-refractivity contribution in [3.63, 3.8) is 0 Å². The third-order valence-electron chi connectivity index (χ3n) is 2.40. The summed E-state index contributed by atoms with van der Waals surface area (Å²) in [5.41, 5.74) is 0.159. The van der Waals surface area contributed by atoms with Gasteiger partial charge in [0, 0.05) is 6.07 Å². The van der Waals surface area contributed by atoms with Crippen LogP contribution in [0.15, 0.2) is 38.6 Å². The lowest BCUT2D eigenvalue weighted by Gasteiger charge is -1.97. The highest BCUT2D eigenvalue weighted by molar-refractivity contribution is 9.11. The topological polar surface area (TPSA) is 59.2 Å². The van der Waals surface area contributed by atoms with Crippen LogP contribution in [0.2, 0.25) is 0 Å². The van der Waals surface area contributed by atoms with E-state index >= 15 is 0 Å². The maximum absolute atomic E-state index is 13.7. The van der Waals surface area contributed by atoms with E-state index in [0.29, 0.717) is 5.82 Å². The molecule has 0 aliphatic rings. The second kappa shape index (κ2) is 4.75. The first kappa shape index (κ1) is 12.3. The van der Waals surface area contributed by atoms with E-state index in [0.717, 1.165) is 14.7 Å². The summed E-state index contributed by atoms with van der Waals surface area (Å²) in [5, 5.41) is 13.0. The summed E-state index contributed by atoms with van der Waals surface area (Å²) in [6, 6.07) is 7.48. The largest absolute Gasteiger partial charge is 0.508 e. The molecule has 0 saturated carbocycles. The fraction of sp³-hybridized carbons (Fsp3) is 0. The molecule has 0 unspecified atom stereocenters. The Morgan fingerprint density at radius 1 is 1.26 bits per heavy atom. The van der Waals surface area contributed by atoms with Crippen LogP contribution in [0.25, 0.3) is 22.2 Å². The molecule has 96 valence electrons. The standard InChI is InChI=1S/C12H6BrFN2O2S/c13-10-4-3-9(19-10)11-15-12(18-16-11)7-2-1-6(17)5-8(7)14/h1-5,17H. The fourth-order valence-corrected chi connectivity index (χ4v) is 2.86. The molecular weight excluding hydrogens is 335 g/mol. The van der Waals surface area contributed by atoms with Crippen LogP contribution in [0.4, 0.5) is 4.39 Å². The first-order chi connectivity index (χ1) is 9.13. The van der Waals surface area contributed by atoms with Crippen molar-refractivity contribution >= 4 is 27.3 Å². The average Bonchev–Trinajstić information content (AvgIpc) is 2.97. The summed E-state index contributed by atoms with van der Waals surface area (Å²) < 4.78 is 19.7. The van der Waals surface area contributed by atoms with Crippen LogP contribution in [0.3, 0.4) is 0 Å². The number of benzene rings is 1. The summed E-state index contributed by atoms with van der Waals surface area (Å²) in [7, 11) is 0. The molecule has 0 aliphatic carbocycles. The van der Waals surface area contributed by atoms with Crippen LogP contribution in [0, 0.1) is 5.82 Å². The summed E-state index contributed by atoms with van der Waals surface area (Å²) in [6.07, 6.45) is 0. The van der Waals surface area contributed by atoms with Crippen LogP contribution in [0.5, 0.6) is 5.75 Å². The highest BCUT2D eigenvalue weighted by Gasteiger charge is 2.15. The summed E-state index contributed by atoms with van der Waals surface area (Å²) in [6.45, 7) is 0. The second-order valence-corrected chi connectivity index (χ2v) is 6.15. The average molecular weight is 341 g/mol. The van der Waals surface area contributed by atoms with Gasteiger partial charge in [-0.2, -0.15) is 4.98 Å². The van der Waals surface area contributed by atoms with Gasteiger partial charge in [-0.05, 0) is 40.2 Å². The molecule has 0 aliphatic heterocycles. The number of hydrogen-bond acceptors (Lipinski definition) is 5. The number of hydrogen-bond donors (Lipinski definition) is 1. The Kier molecular flexibility index (Phi) is 3.08. The van der Waals surface area contributed by atoms with Gasteiger partial charge in [0.05, 0.1) is 14.2 Å². The Balaban J connectivity index is 2.01. The SMILES string of the molecule is Oc1ccc(-c2nc(-c3ccc(Br)s3)no2)c(F)c1. The minimum absolute atomic E-state index is 0.0806. The van der Waals surface area contributed by atoms with Crippen LogP contribution in [-0.4, -0.2) is 15.2 Å². The Morgan fingerprint density at radius 2 is 2.11 bits per heavy atom. The second-order valence-electron chi connectivity index (χ2n) is 3.69. The van der Waals surface area contributed by atoms with E-state index in [1.807, 2.05) is 12.1 Å². The number of rotatable bonds is 2. The van der Waals surface area contributed by atoms with Gasteiger partial charge < -0.3 is 9.63 Å². The molecule has 7 heteroatoms. The molecule has 3 rings (SSSR count). The third-order valence-corrected chi connectivity index (χ3v) is 4.02. The molecule has 1 N–H and O–H groups in total. The number of halogens is 2. The van der Waals surface area contributed by atoms with Gasteiger partial charge in [-0.25, -0.2) is 4.39 Å². The lowest BCUT2D eigenvalue weighted by atomic mass is 10.2. The number of thiophene rings is 1. The van der Waals surface area contributed by atoms with Crippen LogP contribution >= 0.6 is 27.3 Å². The van der Waals surface area contributed by atoms with Gasteiger partial charge in [-0.3, -0.25) is 0 Å². The quantitative estimate of drug-likeness (QED) is 0.763. The van der Waals surface area contributed by atoms with Crippen molar-refractivity contribution in [2.75, 3.05) is 0 Å². The van der Waals surface area contributed by atoms with Crippen molar-refractivity contribution in [3.05, 3.63) is 39.9 Å². The van der Waals surface area contributed by atoms with Crippen molar-refractivity contribution in [1.82, 2.24) is 10.1 Å². The van der Waals surface area contributed by atoms with Crippen molar-refractivity contribution in [2.45, 2.75) is 0 Å². The van der Waals surface area contributed by atoms with E-state index in [1.54, 1.807) is 0 Å². The van der Waals surface area contributed by atoms with Crippen LogP contribution < -0.4 is 0 Å². The summed E-state index contributed by atoms with van der Waals surface area (Å²) in [5.74, 6) is -0.277. The minimum atomic E-state index is -0.609. The van der Waals surface area contributed by atoms with Gasteiger partial charge >= 0.3 is 0 Å². The maximum Gasteiger partial charge on any atom is 0.261 e. The molecule has 0 fully saturated rings. The van der Waals surface area contributed by atoms with E-state index in [-0.39, 0.29) is 17.2 Å². The number of aromatic hydroxyl groups is 1. The van der Waals surface area contributed by atoms with Crippen molar-refractivity contribution in [3.8, 4) is 27.9 Å². The van der Waals surface area contributed by atoms with Gasteiger partial charge in [0.2, 0.25) is 5.82 Å². The molecule has 3 aromatic rings. The van der Waals surface area contributed by atoms with Crippen LogP contribution in [-0.2, 0) is 0 Å². The zero-order chi connectivity index (χ0) is 13.4. The Labute approximate surface area is 119 Å². The van der Waals surface area contributed by atoms with Crippen LogP contribution in [0.1, 0.15) is 0 Å². The molecule has 0 spiro atoms. The molecular formula is C12H6BrFN2O2S. The predicted octanol–water partition coefficient (Wildman–Crippen LogP) is 4.07. The number of phenols is 1. The lowest BCUT2D eigenvalue weighted by molar-refractivity contribution is 0.429. The van der Waals surface area contributed by atoms with Gasteiger partial charge in [0.1, 0.15) is 11.6 Å². The summed E-state index contributed by atoms with van der Waals surface area (Å²) >= 11 is 4.80. The lowest BCUT2D eigenvalue weighted by Crippen LogP contribution is -1.84. The summed E-state index contributed by atoms with van der Waals surface area (Å²) in [4.78, 5) is 4.97. The zero-order valence-electron chi connectivity index (χ0n) is 9.30. The molecule has 2 heterocycles. The molecule has 0 bridgehead atoms.